The Bertz CT molecular complexity index is 699. The third-order valence-corrected chi connectivity index (χ3v) is 5.25. The van der Waals surface area contributed by atoms with Gasteiger partial charge < -0.3 is 24.4 Å². The summed E-state index contributed by atoms with van der Waals surface area (Å²) in [5.41, 5.74) is -0.518. The maximum atomic E-state index is 12.6. The van der Waals surface area contributed by atoms with Crippen LogP contribution in [0.25, 0.3) is 0 Å². The van der Waals surface area contributed by atoms with Gasteiger partial charge in [0.25, 0.3) is 0 Å². The maximum Gasteiger partial charge on any atom is 0.407 e. The largest absolute Gasteiger partial charge is 0.494 e. The maximum absolute atomic E-state index is 12.6. The molecule has 1 aromatic carbocycles. The number of nitrogens with one attached hydrogen (secondary N) is 1. The molecule has 2 unspecified atom stereocenters. The van der Waals surface area contributed by atoms with Crippen molar-refractivity contribution in [1.29, 1.82) is 0 Å². The van der Waals surface area contributed by atoms with Gasteiger partial charge in [0.15, 0.2) is 0 Å². The van der Waals surface area contributed by atoms with Crippen LogP contribution in [-0.4, -0.2) is 54.8 Å². The van der Waals surface area contributed by atoms with Gasteiger partial charge in [0.05, 0.1) is 13.2 Å². The third-order valence-electron chi connectivity index (χ3n) is 5.25. The summed E-state index contributed by atoms with van der Waals surface area (Å²) in [5.74, 6) is 1.96. The van der Waals surface area contributed by atoms with Crippen LogP contribution < -0.4 is 14.8 Å². The van der Waals surface area contributed by atoms with E-state index < -0.39 is 5.60 Å². The van der Waals surface area contributed by atoms with Crippen molar-refractivity contribution in [1.82, 2.24) is 10.2 Å². The molecule has 174 valence electrons. The molecule has 31 heavy (non-hydrogen) atoms. The molecule has 0 bridgehead atoms. The molecule has 1 saturated heterocycles. The monoisotopic (exact) mass is 434 g/mol. The molecule has 2 rings (SSSR count). The van der Waals surface area contributed by atoms with Crippen LogP contribution in [0.15, 0.2) is 24.3 Å². The number of nitrogens with zero attached hydrogens (tertiary/aromatic N) is 1. The van der Waals surface area contributed by atoms with E-state index in [4.69, 9.17) is 14.2 Å². The summed E-state index contributed by atoms with van der Waals surface area (Å²) in [5, 5.41) is 2.99. The lowest BCUT2D eigenvalue weighted by Crippen LogP contribution is -2.53. The van der Waals surface area contributed by atoms with Gasteiger partial charge in [-0.25, -0.2) is 4.79 Å². The van der Waals surface area contributed by atoms with Crippen molar-refractivity contribution in [2.45, 2.75) is 71.9 Å². The number of benzene rings is 1. The number of carbonyl (C=O) groups is 2. The molecule has 7 heteroatoms. The van der Waals surface area contributed by atoms with Crippen molar-refractivity contribution in [2.75, 3.05) is 26.3 Å². The van der Waals surface area contributed by atoms with Crippen molar-refractivity contribution >= 4 is 12.0 Å². The normalized spacial score (nSPS) is 18.9. The molecule has 1 aliphatic rings. The molecule has 2 atom stereocenters. The molecule has 0 radical (unpaired) electrons. The summed E-state index contributed by atoms with van der Waals surface area (Å²) < 4.78 is 16.5. The van der Waals surface area contributed by atoms with Crippen LogP contribution in [-0.2, 0) is 9.53 Å². The fourth-order valence-electron chi connectivity index (χ4n) is 3.69. The molecule has 7 nitrogen and oxygen atoms in total. The zero-order valence-corrected chi connectivity index (χ0v) is 19.6. The quantitative estimate of drug-likeness (QED) is 0.583. The SMILES string of the molecule is CCOc1ccc(OCCCC(=O)N2CCC(NC(=O)OC(C)(C)C)C(CC)C2)cc1. The Morgan fingerprint density at radius 2 is 1.74 bits per heavy atom. The van der Waals surface area contributed by atoms with E-state index in [1.54, 1.807) is 0 Å². The zero-order chi connectivity index (χ0) is 22.9. The van der Waals surface area contributed by atoms with Crippen molar-refractivity contribution < 1.29 is 23.8 Å². The fourth-order valence-corrected chi connectivity index (χ4v) is 3.69. The van der Waals surface area contributed by atoms with Gasteiger partial charge in [0, 0.05) is 25.6 Å². The average molecular weight is 435 g/mol. The van der Waals surface area contributed by atoms with Gasteiger partial charge >= 0.3 is 6.09 Å². The second-order valence-electron chi connectivity index (χ2n) is 8.91. The van der Waals surface area contributed by atoms with E-state index in [1.165, 1.54) is 0 Å². The Morgan fingerprint density at radius 3 is 2.32 bits per heavy atom. The molecule has 0 spiro atoms. The summed E-state index contributed by atoms with van der Waals surface area (Å²) in [7, 11) is 0. The highest BCUT2D eigenvalue weighted by atomic mass is 16.6. The van der Waals surface area contributed by atoms with E-state index in [0.29, 0.717) is 39.1 Å². The van der Waals surface area contributed by atoms with Crippen LogP contribution >= 0.6 is 0 Å². The fraction of sp³-hybridized carbons (Fsp3) is 0.667. The Balaban J connectivity index is 1.72. The average Bonchev–Trinajstić information content (AvgIpc) is 2.71. The molecule has 1 heterocycles. The van der Waals surface area contributed by atoms with Crippen molar-refractivity contribution in [3.05, 3.63) is 24.3 Å². The second kappa shape index (κ2) is 11.8. The van der Waals surface area contributed by atoms with Crippen LogP contribution in [0.5, 0.6) is 11.5 Å². The standard InChI is InChI=1S/C24H38N2O5/c1-6-18-17-26(15-14-21(18)25-23(28)31-24(3,4)5)22(27)9-8-16-30-20-12-10-19(11-13-20)29-7-2/h10-13,18,21H,6-9,14-17H2,1-5H3,(H,25,28). The summed E-state index contributed by atoms with van der Waals surface area (Å²) >= 11 is 0. The number of piperidine rings is 1. The van der Waals surface area contributed by atoms with Crippen LogP contribution in [0, 0.1) is 5.92 Å². The predicted molar refractivity (Wildman–Crippen MR) is 120 cm³/mol. The summed E-state index contributed by atoms with van der Waals surface area (Å²) in [6.07, 6.45) is 2.37. The summed E-state index contributed by atoms with van der Waals surface area (Å²) in [6, 6.07) is 7.54. The smallest absolute Gasteiger partial charge is 0.407 e. The van der Waals surface area contributed by atoms with Crippen LogP contribution in [0.1, 0.15) is 60.3 Å². The second-order valence-corrected chi connectivity index (χ2v) is 8.91. The molecular formula is C24H38N2O5. The number of rotatable bonds is 9. The summed E-state index contributed by atoms with van der Waals surface area (Å²) in [6.45, 7) is 12.0. The zero-order valence-electron chi connectivity index (χ0n) is 19.6. The first kappa shape index (κ1) is 24.8. The van der Waals surface area contributed by atoms with E-state index in [0.717, 1.165) is 24.3 Å². The molecule has 1 aromatic rings. The van der Waals surface area contributed by atoms with E-state index >= 15 is 0 Å². The number of amides is 2. The Kier molecular flexibility index (Phi) is 9.46. The highest BCUT2D eigenvalue weighted by Crippen LogP contribution is 2.22. The van der Waals surface area contributed by atoms with Crippen molar-refractivity contribution in [2.24, 2.45) is 5.92 Å². The molecule has 1 aliphatic heterocycles. The van der Waals surface area contributed by atoms with Crippen LogP contribution in [0.2, 0.25) is 0 Å². The van der Waals surface area contributed by atoms with Gasteiger partial charge in [0.1, 0.15) is 17.1 Å². The minimum Gasteiger partial charge on any atom is -0.494 e. The molecule has 0 aromatic heterocycles. The number of hydrogen-bond donors (Lipinski definition) is 1. The van der Waals surface area contributed by atoms with Gasteiger partial charge in [0.2, 0.25) is 5.91 Å². The third kappa shape index (κ3) is 8.67. The van der Waals surface area contributed by atoms with E-state index in [2.05, 4.69) is 12.2 Å². The molecule has 0 saturated carbocycles. The van der Waals surface area contributed by atoms with E-state index in [1.807, 2.05) is 56.9 Å². The minimum atomic E-state index is -0.518. The van der Waals surface area contributed by atoms with Crippen molar-refractivity contribution in [3.63, 3.8) is 0 Å². The minimum absolute atomic E-state index is 0.0342. The predicted octanol–water partition coefficient (Wildman–Crippen LogP) is 4.40. The van der Waals surface area contributed by atoms with Gasteiger partial charge in [-0.05, 0) is 77.1 Å². The number of hydrogen-bond acceptors (Lipinski definition) is 5. The van der Waals surface area contributed by atoms with Crippen LogP contribution in [0.4, 0.5) is 4.79 Å². The number of likely N-dealkylation sites (tertiary alicyclic amines) is 1. The lowest BCUT2D eigenvalue weighted by Gasteiger charge is -2.38. The first-order valence-corrected chi connectivity index (χ1v) is 11.3. The summed E-state index contributed by atoms with van der Waals surface area (Å²) in [4.78, 5) is 26.7. The number of carbonyl (C=O) groups excluding carboxylic acids is 2. The lowest BCUT2D eigenvalue weighted by molar-refractivity contribution is -0.133. The first-order valence-electron chi connectivity index (χ1n) is 11.3. The molecule has 2 amide bonds. The number of ether oxygens (including phenoxy) is 3. The highest BCUT2D eigenvalue weighted by Gasteiger charge is 2.32. The van der Waals surface area contributed by atoms with E-state index in [9.17, 15) is 9.59 Å². The van der Waals surface area contributed by atoms with Gasteiger partial charge in [-0.3, -0.25) is 4.79 Å². The molecule has 0 aliphatic carbocycles. The Hall–Kier alpha value is -2.44. The topological polar surface area (TPSA) is 77.1 Å². The van der Waals surface area contributed by atoms with E-state index in [-0.39, 0.29) is 24.0 Å². The Labute approximate surface area is 186 Å². The molecular weight excluding hydrogens is 396 g/mol. The lowest BCUT2D eigenvalue weighted by atomic mass is 9.89. The van der Waals surface area contributed by atoms with Crippen molar-refractivity contribution in [3.8, 4) is 11.5 Å². The van der Waals surface area contributed by atoms with Gasteiger partial charge in [-0.15, -0.1) is 0 Å². The number of alkyl carbamates (subject to hydrolysis) is 1. The highest BCUT2D eigenvalue weighted by molar-refractivity contribution is 5.76. The molecule has 1 fully saturated rings. The molecule has 1 N–H and O–H groups in total. The van der Waals surface area contributed by atoms with Crippen LogP contribution in [0.3, 0.4) is 0 Å². The van der Waals surface area contributed by atoms with Gasteiger partial charge in [-0.2, -0.15) is 0 Å². The first-order chi connectivity index (χ1) is 14.7. The Morgan fingerprint density at radius 1 is 1.10 bits per heavy atom. The van der Waals surface area contributed by atoms with Gasteiger partial charge in [-0.1, -0.05) is 6.92 Å².